The van der Waals surface area contributed by atoms with Crippen LogP contribution in [0.15, 0.2) is 24.4 Å². The van der Waals surface area contributed by atoms with E-state index in [9.17, 15) is 9.28 Å². The lowest BCUT2D eigenvalue weighted by Crippen LogP contribution is -2.19. The minimum absolute atomic E-state index is 0.0579. The van der Waals surface area contributed by atoms with Crippen molar-refractivity contribution in [2.75, 3.05) is 6.61 Å². The van der Waals surface area contributed by atoms with E-state index in [0.29, 0.717) is 5.69 Å². The predicted octanol–water partition coefficient (Wildman–Crippen LogP) is 0.824. The van der Waals surface area contributed by atoms with Gasteiger partial charge in [-0.3, -0.25) is 9.78 Å². The topological polar surface area (TPSA) is 42.4 Å². The highest BCUT2D eigenvalue weighted by molar-refractivity contribution is 5.78. The molecule has 0 bridgehead atoms. The molecule has 1 unspecified atom stereocenters. The number of pyridine rings is 1. The van der Waals surface area contributed by atoms with Gasteiger partial charge < -0.3 is 4.74 Å². The van der Waals surface area contributed by atoms with E-state index in [1.807, 2.05) is 0 Å². The van der Waals surface area contributed by atoms with Gasteiger partial charge in [0.05, 0.1) is 5.69 Å². The molecule has 1 aromatic heterocycles. The summed E-state index contributed by atoms with van der Waals surface area (Å²) in [7, 11) is 0. The maximum atomic E-state index is 13.0. The van der Waals surface area contributed by atoms with Gasteiger partial charge in [0.2, 0.25) is 6.23 Å². The van der Waals surface area contributed by atoms with Crippen LogP contribution in [0.3, 0.4) is 0 Å². The first kappa shape index (κ1) is 8.12. The van der Waals surface area contributed by atoms with Crippen molar-refractivity contribution in [3.8, 4) is 0 Å². The number of aromatic nitrogens is 1. The highest BCUT2D eigenvalue weighted by atomic mass is 19.2. The molecule has 0 spiro atoms. The summed E-state index contributed by atoms with van der Waals surface area (Å²) in [6.45, 7) is -0.224. The van der Waals surface area contributed by atoms with Crippen LogP contribution in [-0.4, -0.2) is 22.6 Å². The van der Waals surface area contributed by atoms with Crippen molar-refractivity contribution in [3.05, 3.63) is 30.1 Å². The summed E-state index contributed by atoms with van der Waals surface area (Å²) in [6.07, 6.45) is 0.545. The van der Waals surface area contributed by atoms with Crippen LogP contribution >= 0.6 is 0 Å². The summed E-state index contributed by atoms with van der Waals surface area (Å²) >= 11 is 0. The molecule has 1 aliphatic rings. The molecule has 68 valence electrons. The molecule has 1 saturated heterocycles. The normalized spacial score (nSPS) is 22.4. The summed E-state index contributed by atoms with van der Waals surface area (Å²) in [6, 6.07) is 5.03. The van der Waals surface area contributed by atoms with E-state index in [1.54, 1.807) is 18.2 Å². The van der Waals surface area contributed by atoms with Crippen LogP contribution in [0.25, 0.3) is 0 Å². The fraction of sp³-hybridized carbons (Fsp3) is 0.250. The summed E-state index contributed by atoms with van der Waals surface area (Å²) < 4.78 is 17.9. The monoisotopic (exact) mass is 182 g/mol. The van der Waals surface area contributed by atoms with Gasteiger partial charge in [-0.05, 0) is 12.1 Å². The molecule has 5 heteroatoms. The van der Waals surface area contributed by atoms with Crippen molar-refractivity contribution >= 4 is 5.91 Å². The molecule has 0 aliphatic carbocycles. The number of ether oxygens (including phenoxy) is 1. The number of halogens is 1. The Labute approximate surface area is 73.9 Å². The lowest BCUT2D eigenvalue weighted by Gasteiger charge is -2.11. The highest BCUT2D eigenvalue weighted by Crippen LogP contribution is 2.25. The zero-order valence-electron chi connectivity index (χ0n) is 6.68. The molecular formula is C8H7FN2O2. The van der Waals surface area contributed by atoms with Crippen LogP contribution in [0.2, 0.25) is 0 Å². The van der Waals surface area contributed by atoms with E-state index in [0.717, 1.165) is 0 Å². The third kappa shape index (κ3) is 1.38. The van der Waals surface area contributed by atoms with E-state index in [1.165, 1.54) is 6.20 Å². The van der Waals surface area contributed by atoms with E-state index in [2.05, 4.69) is 4.98 Å². The molecule has 1 atom stereocenters. The van der Waals surface area contributed by atoms with Gasteiger partial charge in [0, 0.05) is 6.20 Å². The molecule has 13 heavy (non-hydrogen) atoms. The van der Waals surface area contributed by atoms with Gasteiger partial charge in [-0.15, -0.1) is 5.12 Å². The van der Waals surface area contributed by atoms with Gasteiger partial charge in [-0.1, -0.05) is 10.5 Å². The minimum atomic E-state index is -0.978. The van der Waals surface area contributed by atoms with E-state index >= 15 is 0 Å². The van der Waals surface area contributed by atoms with Gasteiger partial charge in [-0.25, -0.2) is 0 Å². The first-order chi connectivity index (χ1) is 6.29. The van der Waals surface area contributed by atoms with Gasteiger partial charge in [0.1, 0.15) is 6.61 Å². The second kappa shape index (κ2) is 3.10. The molecule has 1 amide bonds. The first-order valence-electron chi connectivity index (χ1n) is 3.79. The van der Waals surface area contributed by atoms with Gasteiger partial charge in [0.15, 0.2) is 0 Å². The number of hydrogen-bond acceptors (Lipinski definition) is 3. The summed E-state index contributed by atoms with van der Waals surface area (Å²) in [5.41, 5.74) is 0.399. The largest absolute Gasteiger partial charge is 0.340 e. The maximum Gasteiger partial charge on any atom is 0.279 e. The van der Waals surface area contributed by atoms with Crippen molar-refractivity contribution in [2.45, 2.75) is 6.23 Å². The molecule has 4 nitrogen and oxygen atoms in total. The van der Waals surface area contributed by atoms with Crippen molar-refractivity contribution in [3.63, 3.8) is 0 Å². The Morgan fingerprint density at radius 1 is 1.62 bits per heavy atom. The third-order valence-electron chi connectivity index (χ3n) is 1.75. The minimum Gasteiger partial charge on any atom is -0.340 e. The Morgan fingerprint density at radius 2 is 2.46 bits per heavy atom. The fourth-order valence-corrected chi connectivity index (χ4v) is 1.13. The van der Waals surface area contributed by atoms with Gasteiger partial charge in [0.25, 0.3) is 5.91 Å². The van der Waals surface area contributed by atoms with E-state index < -0.39 is 12.1 Å². The fourth-order valence-electron chi connectivity index (χ4n) is 1.13. The number of carbonyl (C=O) groups is 1. The van der Waals surface area contributed by atoms with Crippen molar-refractivity contribution in [1.82, 2.24) is 10.1 Å². The van der Waals surface area contributed by atoms with Crippen LogP contribution in [0.5, 0.6) is 0 Å². The highest BCUT2D eigenvalue weighted by Gasteiger charge is 2.34. The first-order valence-corrected chi connectivity index (χ1v) is 3.79. The van der Waals surface area contributed by atoms with Gasteiger partial charge >= 0.3 is 0 Å². The van der Waals surface area contributed by atoms with Crippen molar-refractivity contribution in [2.24, 2.45) is 0 Å². The zero-order chi connectivity index (χ0) is 9.26. The smallest absolute Gasteiger partial charge is 0.279 e. The predicted molar refractivity (Wildman–Crippen MR) is 40.9 cm³/mol. The second-order valence-electron chi connectivity index (χ2n) is 2.62. The SMILES string of the molecule is O=C1COC(c2ccccn2)N1F. The van der Waals surface area contributed by atoms with Crippen LogP contribution in [0, 0.1) is 0 Å². The van der Waals surface area contributed by atoms with E-state index in [4.69, 9.17) is 4.74 Å². The maximum absolute atomic E-state index is 13.0. The van der Waals surface area contributed by atoms with Crippen LogP contribution < -0.4 is 0 Å². The Balaban J connectivity index is 2.24. The number of carbonyl (C=O) groups excluding carboxylic acids is 1. The average molecular weight is 182 g/mol. The molecule has 1 aromatic rings. The summed E-state index contributed by atoms with van der Waals surface area (Å²) in [5, 5.41) is 0.0579. The molecule has 1 aliphatic heterocycles. The number of hydrogen-bond donors (Lipinski definition) is 0. The molecule has 0 saturated carbocycles. The van der Waals surface area contributed by atoms with E-state index in [-0.39, 0.29) is 11.7 Å². The molecule has 2 rings (SSSR count). The molecule has 0 aromatic carbocycles. The third-order valence-corrected chi connectivity index (χ3v) is 1.75. The van der Waals surface area contributed by atoms with Crippen molar-refractivity contribution in [1.29, 1.82) is 0 Å². The van der Waals surface area contributed by atoms with Crippen LogP contribution in [0.1, 0.15) is 11.9 Å². The lowest BCUT2D eigenvalue weighted by molar-refractivity contribution is -0.148. The Kier molecular flexibility index (Phi) is 1.94. The Bertz CT molecular complexity index is 317. The Morgan fingerprint density at radius 3 is 3.00 bits per heavy atom. The van der Waals surface area contributed by atoms with Gasteiger partial charge in [-0.2, -0.15) is 0 Å². The van der Waals surface area contributed by atoms with Crippen molar-refractivity contribution < 1.29 is 14.0 Å². The Hall–Kier alpha value is -1.49. The average Bonchev–Trinajstić information content (AvgIpc) is 2.49. The molecular weight excluding hydrogens is 175 g/mol. The van der Waals surface area contributed by atoms with Crippen LogP contribution in [-0.2, 0) is 9.53 Å². The number of rotatable bonds is 1. The molecule has 1 fully saturated rings. The lowest BCUT2D eigenvalue weighted by atomic mass is 10.3. The number of amides is 1. The molecule has 0 radical (unpaired) electrons. The number of nitrogens with zero attached hydrogens (tertiary/aromatic N) is 2. The standard InChI is InChI=1S/C8H7FN2O2/c9-11-7(12)5-13-8(11)6-3-1-2-4-10-6/h1-4,8H,5H2. The zero-order valence-corrected chi connectivity index (χ0v) is 6.68. The summed E-state index contributed by atoms with van der Waals surface area (Å²) in [4.78, 5) is 14.6. The summed E-state index contributed by atoms with van der Waals surface area (Å²) in [5.74, 6) is -0.671. The molecule has 2 heterocycles. The quantitative estimate of drug-likeness (QED) is 0.604. The molecule has 0 N–H and O–H groups in total. The van der Waals surface area contributed by atoms with Crippen LogP contribution in [0.4, 0.5) is 4.48 Å². The second-order valence-corrected chi connectivity index (χ2v) is 2.62.